The number of rotatable bonds is 13. The van der Waals surface area contributed by atoms with Crippen LogP contribution >= 0.6 is 0 Å². The summed E-state index contributed by atoms with van der Waals surface area (Å²) in [5.41, 5.74) is 0. The molecule has 0 fully saturated rings. The Morgan fingerprint density at radius 3 is 1.53 bits per heavy atom. The summed E-state index contributed by atoms with van der Waals surface area (Å²) in [6, 6.07) is 0. The van der Waals surface area contributed by atoms with Gasteiger partial charge in [0.25, 0.3) is 0 Å². The SMILES string of the molecule is [CH2]C(CCC)CCCCCCCCCCCC. The molecule has 0 aromatic carbocycles. The largest absolute Gasteiger partial charge is 0.0654 e. The third kappa shape index (κ3) is 13.9. The topological polar surface area (TPSA) is 0 Å². The molecule has 103 valence electrons. The molecule has 0 bridgehead atoms. The van der Waals surface area contributed by atoms with E-state index in [4.69, 9.17) is 0 Å². The summed E-state index contributed by atoms with van der Waals surface area (Å²) in [5, 5.41) is 0. The molecule has 0 spiro atoms. The van der Waals surface area contributed by atoms with Crippen molar-refractivity contribution in [3.8, 4) is 0 Å². The second kappa shape index (κ2) is 14.1. The number of hydrogen-bond acceptors (Lipinski definition) is 0. The maximum absolute atomic E-state index is 4.20. The standard InChI is InChI=1S/C17H35/c1-4-6-7-8-9-10-11-12-13-14-16-17(3)15-5-2/h17H,3-16H2,1-2H3. The monoisotopic (exact) mass is 239 g/mol. The van der Waals surface area contributed by atoms with E-state index in [2.05, 4.69) is 20.8 Å². The Morgan fingerprint density at radius 1 is 0.588 bits per heavy atom. The van der Waals surface area contributed by atoms with Crippen LogP contribution in [0.2, 0.25) is 0 Å². The fraction of sp³-hybridized carbons (Fsp3) is 0.941. The van der Waals surface area contributed by atoms with Crippen LogP contribution in [0.1, 0.15) is 97.3 Å². The first-order chi connectivity index (χ1) is 8.31. The van der Waals surface area contributed by atoms with Gasteiger partial charge in [-0.1, -0.05) is 104 Å². The maximum Gasteiger partial charge on any atom is -0.0414 e. The van der Waals surface area contributed by atoms with Crippen molar-refractivity contribution < 1.29 is 0 Å². The fourth-order valence-electron chi connectivity index (χ4n) is 2.47. The molecule has 1 radical (unpaired) electrons. The Labute approximate surface area is 111 Å². The second-order valence-electron chi connectivity index (χ2n) is 5.63. The van der Waals surface area contributed by atoms with Gasteiger partial charge in [0, 0.05) is 0 Å². The van der Waals surface area contributed by atoms with Gasteiger partial charge in [-0.25, -0.2) is 0 Å². The molecule has 0 heterocycles. The lowest BCUT2D eigenvalue weighted by molar-refractivity contribution is 0.483. The van der Waals surface area contributed by atoms with Gasteiger partial charge in [0.15, 0.2) is 0 Å². The van der Waals surface area contributed by atoms with Crippen LogP contribution in [0, 0.1) is 12.8 Å². The lowest BCUT2D eigenvalue weighted by Gasteiger charge is -2.08. The summed E-state index contributed by atoms with van der Waals surface area (Å²) < 4.78 is 0. The van der Waals surface area contributed by atoms with E-state index in [1.54, 1.807) is 0 Å². The van der Waals surface area contributed by atoms with Crippen LogP contribution in [0.25, 0.3) is 0 Å². The van der Waals surface area contributed by atoms with E-state index >= 15 is 0 Å². The molecule has 0 aliphatic carbocycles. The zero-order chi connectivity index (χ0) is 12.8. The first-order valence-corrected chi connectivity index (χ1v) is 8.14. The molecule has 0 nitrogen and oxygen atoms in total. The molecule has 0 rings (SSSR count). The molecule has 0 aliphatic heterocycles. The van der Waals surface area contributed by atoms with Gasteiger partial charge in [-0.05, 0) is 5.92 Å². The molecule has 0 aliphatic rings. The van der Waals surface area contributed by atoms with Crippen molar-refractivity contribution in [3.63, 3.8) is 0 Å². The Kier molecular flexibility index (Phi) is 14.1. The average molecular weight is 239 g/mol. The summed E-state index contributed by atoms with van der Waals surface area (Å²) in [4.78, 5) is 0. The van der Waals surface area contributed by atoms with Crippen molar-refractivity contribution in [1.82, 2.24) is 0 Å². The Balaban J connectivity index is 2.98. The van der Waals surface area contributed by atoms with Gasteiger partial charge in [0.2, 0.25) is 0 Å². The highest BCUT2D eigenvalue weighted by Gasteiger charge is 2.00. The minimum atomic E-state index is 0.717. The summed E-state index contributed by atoms with van der Waals surface area (Å²) in [6.45, 7) is 8.75. The third-order valence-corrected chi connectivity index (χ3v) is 3.66. The number of hydrogen-bond donors (Lipinski definition) is 0. The highest BCUT2D eigenvalue weighted by molar-refractivity contribution is 4.60. The lowest BCUT2D eigenvalue weighted by atomic mass is 9.98. The summed E-state index contributed by atoms with van der Waals surface area (Å²) >= 11 is 0. The quantitative estimate of drug-likeness (QED) is 0.320. The predicted molar refractivity (Wildman–Crippen MR) is 80.2 cm³/mol. The summed E-state index contributed by atoms with van der Waals surface area (Å²) in [7, 11) is 0. The minimum absolute atomic E-state index is 0.717. The van der Waals surface area contributed by atoms with E-state index in [1.807, 2.05) is 0 Å². The molecule has 0 N–H and O–H groups in total. The van der Waals surface area contributed by atoms with Crippen LogP contribution in [-0.4, -0.2) is 0 Å². The maximum atomic E-state index is 4.20. The van der Waals surface area contributed by atoms with E-state index in [0.29, 0.717) is 5.92 Å². The predicted octanol–water partition coefficient (Wildman–Crippen LogP) is 6.55. The van der Waals surface area contributed by atoms with E-state index in [1.165, 1.54) is 83.5 Å². The molecule has 17 heavy (non-hydrogen) atoms. The van der Waals surface area contributed by atoms with Gasteiger partial charge in [0.05, 0.1) is 0 Å². The van der Waals surface area contributed by atoms with Crippen molar-refractivity contribution in [3.05, 3.63) is 6.92 Å². The van der Waals surface area contributed by atoms with Crippen molar-refractivity contribution >= 4 is 0 Å². The molecule has 0 aromatic rings. The highest BCUT2D eigenvalue weighted by atomic mass is 14.1. The molecule has 1 atom stereocenters. The van der Waals surface area contributed by atoms with Crippen LogP contribution in [0.5, 0.6) is 0 Å². The van der Waals surface area contributed by atoms with E-state index < -0.39 is 0 Å². The molecular formula is C17H35. The van der Waals surface area contributed by atoms with Crippen LogP contribution in [0.3, 0.4) is 0 Å². The van der Waals surface area contributed by atoms with Crippen LogP contribution in [-0.2, 0) is 0 Å². The second-order valence-corrected chi connectivity index (χ2v) is 5.63. The van der Waals surface area contributed by atoms with Gasteiger partial charge in [0.1, 0.15) is 0 Å². The molecule has 0 saturated heterocycles. The fourth-order valence-corrected chi connectivity index (χ4v) is 2.47. The average Bonchev–Trinajstić information content (AvgIpc) is 2.32. The smallest absolute Gasteiger partial charge is 0.0414 e. The van der Waals surface area contributed by atoms with Crippen molar-refractivity contribution in [2.24, 2.45) is 5.92 Å². The van der Waals surface area contributed by atoms with Crippen LogP contribution in [0.4, 0.5) is 0 Å². The van der Waals surface area contributed by atoms with E-state index in [-0.39, 0.29) is 0 Å². The van der Waals surface area contributed by atoms with Crippen molar-refractivity contribution in [2.75, 3.05) is 0 Å². The molecule has 0 saturated carbocycles. The molecular weight excluding hydrogens is 204 g/mol. The summed E-state index contributed by atoms with van der Waals surface area (Å²) in [6.07, 6.45) is 18.4. The third-order valence-electron chi connectivity index (χ3n) is 3.66. The first-order valence-electron chi connectivity index (χ1n) is 8.14. The van der Waals surface area contributed by atoms with Crippen LogP contribution < -0.4 is 0 Å². The Bertz CT molecular complexity index is 128. The molecule has 0 heteroatoms. The van der Waals surface area contributed by atoms with Gasteiger partial charge in [-0.15, -0.1) is 0 Å². The number of unbranched alkanes of at least 4 members (excludes halogenated alkanes) is 9. The van der Waals surface area contributed by atoms with E-state index in [9.17, 15) is 0 Å². The van der Waals surface area contributed by atoms with Gasteiger partial charge in [-0.3, -0.25) is 0 Å². The lowest BCUT2D eigenvalue weighted by Crippen LogP contribution is -1.94. The van der Waals surface area contributed by atoms with E-state index in [0.717, 1.165) is 0 Å². The zero-order valence-corrected chi connectivity index (χ0v) is 12.5. The highest BCUT2D eigenvalue weighted by Crippen LogP contribution is 2.16. The Morgan fingerprint density at radius 2 is 1.06 bits per heavy atom. The first kappa shape index (κ1) is 17.0. The van der Waals surface area contributed by atoms with Gasteiger partial charge < -0.3 is 0 Å². The van der Waals surface area contributed by atoms with Crippen molar-refractivity contribution in [1.29, 1.82) is 0 Å². The minimum Gasteiger partial charge on any atom is -0.0654 e. The van der Waals surface area contributed by atoms with Crippen LogP contribution in [0.15, 0.2) is 0 Å². The zero-order valence-electron chi connectivity index (χ0n) is 12.5. The molecule has 0 aromatic heterocycles. The van der Waals surface area contributed by atoms with Gasteiger partial charge >= 0.3 is 0 Å². The normalized spacial score (nSPS) is 12.9. The van der Waals surface area contributed by atoms with Crippen molar-refractivity contribution in [2.45, 2.75) is 97.3 Å². The van der Waals surface area contributed by atoms with Gasteiger partial charge in [-0.2, -0.15) is 0 Å². The molecule has 0 amide bonds. The Hall–Kier alpha value is 0. The summed E-state index contributed by atoms with van der Waals surface area (Å²) in [5.74, 6) is 0.717. The molecule has 1 unspecified atom stereocenters.